The minimum Gasteiger partial charge on any atom is -0.357 e. The SMILES string of the molecule is CCNC(=NCC1CCS(=O)(=O)C1)N1CCC2C(CCCN2C2CC2)C1. The number of piperidine rings is 2. The van der Waals surface area contributed by atoms with Crippen molar-refractivity contribution in [3.63, 3.8) is 0 Å². The second-order valence-electron chi connectivity index (χ2n) is 8.64. The van der Waals surface area contributed by atoms with Gasteiger partial charge in [0.2, 0.25) is 0 Å². The minimum absolute atomic E-state index is 0.200. The highest BCUT2D eigenvalue weighted by molar-refractivity contribution is 7.91. The summed E-state index contributed by atoms with van der Waals surface area (Å²) >= 11 is 0. The summed E-state index contributed by atoms with van der Waals surface area (Å²) in [4.78, 5) is 10.1. The van der Waals surface area contributed by atoms with Gasteiger partial charge in [0.25, 0.3) is 0 Å². The Morgan fingerprint density at radius 3 is 2.69 bits per heavy atom. The number of nitrogens with zero attached hydrogens (tertiary/aromatic N) is 3. The first-order valence-corrected chi connectivity index (χ1v) is 12.4. The summed E-state index contributed by atoms with van der Waals surface area (Å²) in [6.45, 7) is 7.08. The van der Waals surface area contributed by atoms with Crippen molar-refractivity contribution in [3.05, 3.63) is 0 Å². The number of hydrogen-bond acceptors (Lipinski definition) is 4. The van der Waals surface area contributed by atoms with Crippen LogP contribution in [-0.4, -0.2) is 80.5 Å². The van der Waals surface area contributed by atoms with Crippen molar-refractivity contribution in [1.82, 2.24) is 15.1 Å². The fourth-order valence-electron chi connectivity index (χ4n) is 5.15. The van der Waals surface area contributed by atoms with E-state index in [9.17, 15) is 8.42 Å². The summed E-state index contributed by atoms with van der Waals surface area (Å²) in [5.41, 5.74) is 0. The molecule has 3 aliphatic heterocycles. The summed E-state index contributed by atoms with van der Waals surface area (Å²) in [5.74, 6) is 2.62. The molecule has 0 bridgehead atoms. The first-order valence-electron chi connectivity index (χ1n) is 10.5. The highest BCUT2D eigenvalue weighted by atomic mass is 32.2. The fraction of sp³-hybridized carbons (Fsp3) is 0.947. The quantitative estimate of drug-likeness (QED) is 0.587. The maximum absolute atomic E-state index is 11.7. The molecule has 3 unspecified atom stereocenters. The van der Waals surface area contributed by atoms with Crippen molar-refractivity contribution < 1.29 is 8.42 Å². The van der Waals surface area contributed by atoms with Gasteiger partial charge in [-0.25, -0.2) is 8.42 Å². The molecule has 3 atom stereocenters. The van der Waals surface area contributed by atoms with Gasteiger partial charge in [-0.3, -0.25) is 9.89 Å². The Kier molecular flexibility index (Phi) is 5.46. The van der Waals surface area contributed by atoms with Crippen LogP contribution in [0, 0.1) is 11.8 Å². The van der Waals surface area contributed by atoms with E-state index in [4.69, 9.17) is 4.99 Å². The van der Waals surface area contributed by atoms with E-state index in [0.29, 0.717) is 18.1 Å². The lowest BCUT2D eigenvalue weighted by Gasteiger charge is -2.48. The molecular formula is C19H34N4O2S. The number of aliphatic imine (C=N–C) groups is 1. The van der Waals surface area contributed by atoms with Crippen LogP contribution in [-0.2, 0) is 9.84 Å². The second kappa shape index (κ2) is 7.66. The van der Waals surface area contributed by atoms with Crippen LogP contribution in [0.2, 0.25) is 0 Å². The van der Waals surface area contributed by atoms with Crippen LogP contribution in [0.1, 0.15) is 45.4 Å². The molecule has 4 aliphatic rings. The Labute approximate surface area is 158 Å². The number of likely N-dealkylation sites (tertiary alicyclic amines) is 2. The van der Waals surface area contributed by atoms with Crippen molar-refractivity contribution in [2.24, 2.45) is 16.8 Å². The zero-order chi connectivity index (χ0) is 18.1. The summed E-state index contributed by atoms with van der Waals surface area (Å²) in [6.07, 6.45) is 7.49. The van der Waals surface area contributed by atoms with E-state index in [-0.39, 0.29) is 5.92 Å². The van der Waals surface area contributed by atoms with E-state index in [1.54, 1.807) is 0 Å². The molecular weight excluding hydrogens is 348 g/mol. The number of fused-ring (bicyclic) bond motifs is 1. The highest BCUT2D eigenvalue weighted by Crippen LogP contribution is 2.38. The van der Waals surface area contributed by atoms with Crippen LogP contribution in [0.15, 0.2) is 4.99 Å². The van der Waals surface area contributed by atoms with Crippen molar-refractivity contribution in [2.75, 3.05) is 44.2 Å². The van der Waals surface area contributed by atoms with Crippen molar-refractivity contribution in [3.8, 4) is 0 Å². The van der Waals surface area contributed by atoms with E-state index in [1.165, 1.54) is 38.6 Å². The Bertz CT molecular complexity index is 631. The molecule has 26 heavy (non-hydrogen) atoms. The maximum atomic E-state index is 11.7. The van der Waals surface area contributed by atoms with Crippen LogP contribution < -0.4 is 5.32 Å². The lowest BCUT2D eigenvalue weighted by atomic mass is 9.83. The van der Waals surface area contributed by atoms with E-state index in [0.717, 1.165) is 50.0 Å². The molecule has 3 saturated heterocycles. The average Bonchev–Trinajstić information content (AvgIpc) is 3.41. The lowest BCUT2D eigenvalue weighted by molar-refractivity contribution is 0.0370. The number of guanidine groups is 1. The molecule has 1 saturated carbocycles. The summed E-state index contributed by atoms with van der Waals surface area (Å²) < 4.78 is 23.4. The molecule has 0 radical (unpaired) electrons. The molecule has 0 spiro atoms. The topological polar surface area (TPSA) is 65.0 Å². The molecule has 1 aliphatic carbocycles. The van der Waals surface area contributed by atoms with Crippen LogP contribution in [0.4, 0.5) is 0 Å². The monoisotopic (exact) mass is 382 g/mol. The molecule has 4 rings (SSSR count). The Morgan fingerprint density at radius 1 is 1.15 bits per heavy atom. The van der Waals surface area contributed by atoms with Crippen LogP contribution in [0.5, 0.6) is 0 Å². The van der Waals surface area contributed by atoms with Crippen LogP contribution >= 0.6 is 0 Å². The summed E-state index contributed by atoms with van der Waals surface area (Å²) in [6, 6.07) is 1.65. The fourth-order valence-corrected chi connectivity index (χ4v) is 7.00. The molecule has 3 heterocycles. The molecule has 148 valence electrons. The minimum atomic E-state index is -2.81. The Hall–Kier alpha value is -0.820. The standard InChI is InChI=1S/C19H34N4O2S/c1-2-20-19(21-12-15-8-11-26(24,25)14-15)22-10-7-18-16(13-22)4-3-9-23(18)17-5-6-17/h15-18H,2-14H2,1H3,(H,20,21). The lowest BCUT2D eigenvalue weighted by Crippen LogP contribution is -2.57. The van der Waals surface area contributed by atoms with Crippen molar-refractivity contribution in [2.45, 2.75) is 57.5 Å². The molecule has 0 aromatic carbocycles. The molecule has 0 aromatic rings. The second-order valence-corrected chi connectivity index (χ2v) is 10.9. The predicted molar refractivity (Wildman–Crippen MR) is 105 cm³/mol. The normalized spacial score (nSPS) is 35.3. The van der Waals surface area contributed by atoms with Crippen molar-refractivity contribution >= 4 is 15.8 Å². The highest BCUT2D eigenvalue weighted by Gasteiger charge is 2.42. The third kappa shape index (κ3) is 4.19. The largest absolute Gasteiger partial charge is 0.357 e. The van der Waals surface area contributed by atoms with E-state index < -0.39 is 9.84 Å². The number of rotatable bonds is 4. The molecule has 7 heteroatoms. The van der Waals surface area contributed by atoms with Gasteiger partial charge >= 0.3 is 0 Å². The number of nitrogens with one attached hydrogen (secondary N) is 1. The zero-order valence-electron chi connectivity index (χ0n) is 16.1. The van der Waals surface area contributed by atoms with Gasteiger partial charge < -0.3 is 10.2 Å². The first kappa shape index (κ1) is 18.5. The molecule has 0 amide bonds. The Balaban J connectivity index is 1.38. The van der Waals surface area contributed by atoms with Gasteiger partial charge in [-0.2, -0.15) is 0 Å². The van der Waals surface area contributed by atoms with Gasteiger partial charge in [-0.1, -0.05) is 0 Å². The van der Waals surface area contributed by atoms with Gasteiger partial charge in [0, 0.05) is 38.3 Å². The molecule has 4 fully saturated rings. The van der Waals surface area contributed by atoms with Gasteiger partial charge in [0.05, 0.1) is 11.5 Å². The van der Waals surface area contributed by atoms with E-state index in [2.05, 4.69) is 22.0 Å². The van der Waals surface area contributed by atoms with Gasteiger partial charge in [-0.05, 0) is 63.8 Å². The first-order chi connectivity index (χ1) is 12.6. The third-order valence-corrected chi connectivity index (χ3v) is 8.42. The average molecular weight is 383 g/mol. The number of sulfone groups is 1. The van der Waals surface area contributed by atoms with Gasteiger partial charge in [0.1, 0.15) is 0 Å². The summed E-state index contributed by atoms with van der Waals surface area (Å²) in [5, 5.41) is 3.45. The molecule has 0 aromatic heterocycles. The smallest absolute Gasteiger partial charge is 0.193 e. The summed E-state index contributed by atoms with van der Waals surface area (Å²) in [7, 11) is -2.81. The van der Waals surface area contributed by atoms with Crippen LogP contribution in [0.25, 0.3) is 0 Å². The molecule has 6 nitrogen and oxygen atoms in total. The van der Waals surface area contributed by atoms with E-state index >= 15 is 0 Å². The molecule has 1 N–H and O–H groups in total. The zero-order valence-corrected chi connectivity index (χ0v) is 16.9. The maximum Gasteiger partial charge on any atom is 0.193 e. The number of hydrogen-bond donors (Lipinski definition) is 1. The van der Waals surface area contributed by atoms with Crippen LogP contribution in [0.3, 0.4) is 0 Å². The predicted octanol–water partition coefficient (Wildman–Crippen LogP) is 1.34. The van der Waals surface area contributed by atoms with Gasteiger partial charge in [-0.15, -0.1) is 0 Å². The van der Waals surface area contributed by atoms with E-state index in [1.807, 2.05) is 0 Å². The van der Waals surface area contributed by atoms with Gasteiger partial charge in [0.15, 0.2) is 15.8 Å². The third-order valence-electron chi connectivity index (χ3n) is 6.59. The Morgan fingerprint density at radius 2 is 2.00 bits per heavy atom. The van der Waals surface area contributed by atoms with Crippen molar-refractivity contribution in [1.29, 1.82) is 0 Å².